The monoisotopic (exact) mass is 331 g/mol. The van der Waals surface area contributed by atoms with E-state index in [4.69, 9.17) is 0 Å². The van der Waals surface area contributed by atoms with Crippen LogP contribution >= 0.6 is 0 Å². The number of aliphatic imine (C=N–C) groups is 1. The van der Waals surface area contributed by atoms with Crippen molar-refractivity contribution >= 4 is 17.2 Å². The van der Waals surface area contributed by atoms with E-state index in [1.54, 1.807) is 6.07 Å². The fourth-order valence-electron chi connectivity index (χ4n) is 2.81. The summed E-state index contributed by atoms with van der Waals surface area (Å²) in [6, 6.07) is 12.5. The molecule has 1 aliphatic rings. The molecule has 0 saturated heterocycles. The van der Waals surface area contributed by atoms with Crippen LogP contribution in [0, 0.1) is 0 Å². The maximum Gasteiger partial charge on any atom is 0.416 e. The summed E-state index contributed by atoms with van der Waals surface area (Å²) in [5.41, 5.74) is 1.73. The van der Waals surface area contributed by atoms with Crippen molar-refractivity contribution in [3.05, 3.63) is 65.2 Å². The third kappa shape index (κ3) is 3.72. The first-order chi connectivity index (χ1) is 11.4. The fraction of sp³-hybridized carbons (Fsp3) is 0.263. The average molecular weight is 331 g/mol. The lowest BCUT2D eigenvalue weighted by atomic mass is 10.0. The predicted octanol–water partition coefficient (Wildman–Crippen LogP) is 5.12. The molecule has 1 heterocycles. The molecular weight excluding hydrogens is 315 g/mol. The van der Waals surface area contributed by atoms with E-state index in [0.717, 1.165) is 36.2 Å². The molecule has 1 aliphatic heterocycles. The highest BCUT2D eigenvalue weighted by Gasteiger charge is 2.30. The molecule has 2 aromatic carbocycles. The predicted molar refractivity (Wildman–Crippen MR) is 86.6 cm³/mol. The van der Waals surface area contributed by atoms with E-state index < -0.39 is 11.7 Å². The van der Waals surface area contributed by atoms with Gasteiger partial charge in [-0.3, -0.25) is 9.79 Å². The van der Waals surface area contributed by atoms with Crippen molar-refractivity contribution in [2.45, 2.75) is 31.9 Å². The average Bonchev–Trinajstić information content (AvgIpc) is 2.62. The molecule has 0 atom stereocenters. The van der Waals surface area contributed by atoms with Crippen molar-refractivity contribution in [2.75, 3.05) is 0 Å². The summed E-state index contributed by atoms with van der Waals surface area (Å²) in [6.45, 7) is 0. The Morgan fingerprint density at radius 2 is 1.75 bits per heavy atom. The molecule has 0 saturated carbocycles. The summed E-state index contributed by atoms with van der Waals surface area (Å²) in [4.78, 5) is 16.6. The van der Waals surface area contributed by atoms with Gasteiger partial charge in [0.1, 0.15) is 5.78 Å². The molecule has 0 aliphatic carbocycles. The normalized spacial score (nSPS) is 15.8. The van der Waals surface area contributed by atoms with Gasteiger partial charge < -0.3 is 0 Å². The zero-order chi connectivity index (χ0) is 17.2. The van der Waals surface area contributed by atoms with Gasteiger partial charge in [-0.1, -0.05) is 30.3 Å². The van der Waals surface area contributed by atoms with E-state index in [1.165, 1.54) is 6.07 Å². The molecule has 3 rings (SSSR count). The van der Waals surface area contributed by atoms with Gasteiger partial charge in [-0.2, -0.15) is 13.2 Å². The summed E-state index contributed by atoms with van der Waals surface area (Å²) in [5.74, 6) is -0.000956. The zero-order valence-electron chi connectivity index (χ0n) is 12.9. The van der Waals surface area contributed by atoms with Gasteiger partial charge in [-0.25, -0.2) is 0 Å². The molecule has 124 valence electrons. The maximum absolute atomic E-state index is 13.0. The first-order valence-electron chi connectivity index (χ1n) is 7.78. The van der Waals surface area contributed by atoms with E-state index in [1.807, 2.05) is 24.3 Å². The number of rotatable bonds is 1. The highest BCUT2D eigenvalue weighted by molar-refractivity contribution is 6.12. The number of carbonyl (C=O) groups is 1. The van der Waals surface area contributed by atoms with Gasteiger partial charge in [0.05, 0.1) is 17.0 Å². The quantitative estimate of drug-likeness (QED) is 0.713. The Morgan fingerprint density at radius 3 is 2.54 bits per heavy atom. The van der Waals surface area contributed by atoms with Crippen LogP contribution in [0.1, 0.15) is 36.0 Å². The highest BCUT2D eigenvalue weighted by Crippen LogP contribution is 2.31. The maximum atomic E-state index is 13.0. The Balaban J connectivity index is 2.09. The minimum absolute atomic E-state index is 0.000956. The van der Waals surface area contributed by atoms with Crippen molar-refractivity contribution in [1.82, 2.24) is 0 Å². The third-order valence-electron chi connectivity index (χ3n) is 4.04. The highest BCUT2D eigenvalue weighted by atomic mass is 19.4. The van der Waals surface area contributed by atoms with Crippen molar-refractivity contribution < 1.29 is 18.0 Å². The standard InChI is InChI=1S/C19H16F3NO/c20-19(21,22)15-8-3-7-14(11-15)18-12-16(24)9-4-6-13-5-1-2-10-17(13)23-18/h1-3,5,7-8,10-11H,4,6,9,12H2. The third-order valence-corrected chi connectivity index (χ3v) is 4.04. The molecule has 2 nitrogen and oxygen atoms in total. The fourth-order valence-corrected chi connectivity index (χ4v) is 2.81. The van der Waals surface area contributed by atoms with Gasteiger partial charge in [0.15, 0.2) is 0 Å². The van der Waals surface area contributed by atoms with Crippen LogP contribution < -0.4 is 0 Å². The van der Waals surface area contributed by atoms with Crippen LogP contribution in [0.25, 0.3) is 0 Å². The Labute approximate surface area is 138 Å². The van der Waals surface area contributed by atoms with E-state index in [0.29, 0.717) is 17.7 Å². The van der Waals surface area contributed by atoms with Gasteiger partial charge in [-0.05, 0) is 42.2 Å². The van der Waals surface area contributed by atoms with Crippen LogP contribution in [-0.2, 0) is 17.4 Å². The Kier molecular flexibility index (Phi) is 4.51. The number of fused-ring (bicyclic) bond motifs is 1. The van der Waals surface area contributed by atoms with Gasteiger partial charge in [0.2, 0.25) is 0 Å². The summed E-state index contributed by atoms with van der Waals surface area (Å²) < 4.78 is 38.9. The Hall–Kier alpha value is -2.43. The number of nitrogens with zero attached hydrogens (tertiary/aromatic N) is 1. The first kappa shape index (κ1) is 16.4. The molecule has 0 unspecified atom stereocenters. The second-order valence-electron chi connectivity index (χ2n) is 5.83. The number of Topliss-reactive ketones (excluding diaryl/α,β-unsaturated/α-hetero) is 1. The summed E-state index contributed by atoms with van der Waals surface area (Å²) in [6.07, 6.45) is -2.50. The molecule has 0 radical (unpaired) electrons. The molecule has 0 amide bonds. The lowest BCUT2D eigenvalue weighted by Crippen LogP contribution is -2.11. The minimum Gasteiger partial charge on any atom is -0.299 e. The molecule has 2 aromatic rings. The molecule has 0 fully saturated rings. The van der Waals surface area contributed by atoms with Gasteiger partial charge in [-0.15, -0.1) is 0 Å². The molecule has 0 N–H and O–H groups in total. The Bertz CT molecular complexity index is 793. The topological polar surface area (TPSA) is 29.4 Å². The number of para-hydroxylation sites is 1. The smallest absolute Gasteiger partial charge is 0.299 e. The minimum atomic E-state index is -4.42. The number of hydrogen-bond donors (Lipinski definition) is 0. The number of hydrogen-bond acceptors (Lipinski definition) is 2. The van der Waals surface area contributed by atoms with Crippen molar-refractivity contribution in [1.29, 1.82) is 0 Å². The van der Waals surface area contributed by atoms with Crippen LogP contribution in [0.4, 0.5) is 18.9 Å². The number of carbonyl (C=O) groups excluding carboxylic acids is 1. The van der Waals surface area contributed by atoms with Gasteiger partial charge in [0.25, 0.3) is 0 Å². The van der Waals surface area contributed by atoms with E-state index in [2.05, 4.69) is 4.99 Å². The second kappa shape index (κ2) is 6.59. The summed E-state index contributed by atoms with van der Waals surface area (Å²) in [5, 5.41) is 0. The van der Waals surface area contributed by atoms with Crippen LogP contribution in [0.15, 0.2) is 53.5 Å². The SMILES string of the molecule is O=C1CCCc2ccccc2N=C(c2cccc(C(F)(F)F)c2)C1. The van der Waals surface area contributed by atoms with E-state index in [9.17, 15) is 18.0 Å². The van der Waals surface area contributed by atoms with Crippen LogP contribution in [-0.4, -0.2) is 11.5 Å². The van der Waals surface area contributed by atoms with E-state index in [-0.39, 0.29) is 12.2 Å². The van der Waals surface area contributed by atoms with E-state index >= 15 is 0 Å². The molecule has 0 bridgehead atoms. The number of ketones is 1. The van der Waals surface area contributed by atoms with Gasteiger partial charge >= 0.3 is 6.18 Å². The van der Waals surface area contributed by atoms with Gasteiger partial charge in [0, 0.05) is 12.8 Å². The number of alkyl halides is 3. The first-order valence-corrected chi connectivity index (χ1v) is 7.78. The van der Waals surface area contributed by atoms with Crippen LogP contribution in [0.3, 0.4) is 0 Å². The molecular formula is C19H16F3NO. The summed E-state index contributed by atoms with van der Waals surface area (Å²) in [7, 11) is 0. The number of aryl methyl sites for hydroxylation is 1. The Morgan fingerprint density at radius 1 is 0.958 bits per heavy atom. The second-order valence-corrected chi connectivity index (χ2v) is 5.83. The summed E-state index contributed by atoms with van der Waals surface area (Å²) >= 11 is 0. The molecule has 0 aromatic heterocycles. The number of halogens is 3. The van der Waals surface area contributed by atoms with Crippen LogP contribution in [0.2, 0.25) is 0 Å². The molecule has 24 heavy (non-hydrogen) atoms. The molecule has 5 heteroatoms. The van der Waals surface area contributed by atoms with Crippen molar-refractivity contribution in [3.8, 4) is 0 Å². The largest absolute Gasteiger partial charge is 0.416 e. The lowest BCUT2D eigenvalue weighted by molar-refractivity contribution is -0.137. The molecule has 0 spiro atoms. The number of benzene rings is 2. The van der Waals surface area contributed by atoms with Crippen molar-refractivity contribution in [2.24, 2.45) is 4.99 Å². The van der Waals surface area contributed by atoms with Crippen molar-refractivity contribution in [3.63, 3.8) is 0 Å². The van der Waals surface area contributed by atoms with Crippen LogP contribution in [0.5, 0.6) is 0 Å². The zero-order valence-corrected chi connectivity index (χ0v) is 12.9. The lowest BCUT2D eigenvalue weighted by Gasteiger charge is -2.11.